The van der Waals surface area contributed by atoms with E-state index < -0.39 is 28.7 Å². The first-order valence-corrected chi connectivity index (χ1v) is 6.10. The molecule has 0 heterocycles. The summed E-state index contributed by atoms with van der Waals surface area (Å²) >= 11 is 0. The maximum Gasteiger partial charge on any atom is 0.311 e. The molecule has 2 aliphatic carbocycles. The number of aliphatic carboxylic acids is 2. The molecule has 1 saturated carbocycles. The maximum absolute atomic E-state index is 11.7. The molecule has 2 bridgehead atoms. The summed E-state index contributed by atoms with van der Waals surface area (Å²) in [4.78, 5) is 23.2. The molecule has 2 rings (SSSR count). The molecule has 4 heteroatoms. The second-order valence-electron chi connectivity index (χ2n) is 5.18. The van der Waals surface area contributed by atoms with Crippen LogP contribution in [0.5, 0.6) is 0 Å². The van der Waals surface area contributed by atoms with E-state index in [2.05, 4.69) is 0 Å². The minimum Gasteiger partial charge on any atom is -0.481 e. The Labute approximate surface area is 100 Å². The molecule has 0 spiro atoms. The third kappa shape index (κ3) is 1.18. The summed E-state index contributed by atoms with van der Waals surface area (Å²) in [6.07, 6.45) is 5.58. The molecule has 4 nitrogen and oxygen atoms in total. The van der Waals surface area contributed by atoms with Crippen molar-refractivity contribution in [2.45, 2.75) is 33.1 Å². The summed E-state index contributed by atoms with van der Waals surface area (Å²) in [6, 6.07) is 0. The van der Waals surface area contributed by atoms with Crippen molar-refractivity contribution in [2.75, 3.05) is 0 Å². The molecule has 0 aromatic heterocycles. The Morgan fingerprint density at radius 2 is 1.94 bits per heavy atom. The number of carbonyl (C=O) groups is 2. The molecule has 1 fully saturated rings. The van der Waals surface area contributed by atoms with Crippen molar-refractivity contribution in [3.8, 4) is 0 Å². The minimum atomic E-state index is -1.13. The Hall–Kier alpha value is -1.32. The van der Waals surface area contributed by atoms with Gasteiger partial charge >= 0.3 is 11.9 Å². The zero-order valence-corrected chi connectivity index (χ0v) is 10.1. The molecule has 0 amide bonds. The summed E-state index contributed by atoms with van der Waals surface area (Å²) in [5.74, 6) is -2.83. The highest BCUT2D eigenvalue weighted by atomic mass is 16.4. The van der Waals surface area contributed by atoms with E-state index in [-0.39, 0.29) is 5.92 Å². The lowest BCUT2D eigenvalue weighted by atomic mass is 9.58. The van der Waals surface area contributed by atoms with Crippen LogP contribution < -0.4 is 0 Å². The fraction of sp³-hybridized carbons (Fsp3) is 0.692. The van der Waals surface area contributed by atoms with Crippen LogP contribution in [0.25, 0.3) is 0 Å². The van der Waals surface area contributed by atoms with Crippen LogP contribution in [-0.4, -0.2) is 22.2 Å². The number of carboxylic acid groups (broad SMARTS) is 2. The zero-order valence-electron chi connectivity index (χ0n) is 10.1. The molecule has 0 radical (unpaired) electrons. The van der Waals surface area contributed by atoms with Crippen molar-refractivity contribution in [1.82, 2.24) is 0 Å². The van der Waals surface area contributed by atoms with E-state index in [4.69, 9.17) is 0 Å². The van der Waals surface area contributed by atoms with E-state index in [1.165, 1.54) is 0 Å². The Balaban J connectivity index is 2.61. The summed E-state index contributed by atoms with van der Waals surface area (Å²) in [7, 11) is 0. The largest absolute Gasteiger partial charge is 0.481 e. The highest BCUT2D eigenvalue weighted by Crippen LogP contribution is 2.67. The lowest BCUT2D eigenvalue weighted by Gasteiger charge is -2.43. The number of rotatable bonds is 4. The van der Waals surface area contributed by atoms with Crippen LogP contribution in [0, 0.1) is 22.7 Å². The molecule has 0 aromatic carbocycles. The van der Waals surface area contributed by atoms with Crippen molar-refractivity contribution in [1.29, 1.82) is 0 Å². The second-order valence-corrected chi connectivity index (χ2v) is 5.18. The van der Waals surface area contributed by atoms with E-state index in [0.29, 0.717) is 19.3 Å². The Morgan fingerprint density at radius 3 is 2.35 bits per heavy atom. The molecule has 17 heavy (non-hydrogen) atoms. The fourth-order valence-electron chi connectivity index (χ4n) is 4.14. The first-order valence-electron chi connectivity index (χ1n) is 6.10. The number of carboxylic acids is 2. The molecule has 0 saturated heterocycles. The fourth-order valence-corrected chi connectivity index (χ4v) is 4.14. The van der Waals surface area contributed by atoms with Gasteiger partial charge in [0.1, 0.15) is 0 Å². The topological polar surface area (TPSA) is 74.6 Å². The van der Waals surface area contributed by atoms with E-state index in [1.54, 1.807) is 6.92 Å². The van der Waals surface area contributed by atoms with Gasteiger partial charge < -0.3 is 10.2 Å². The predicted molar refractivity (Wildman–Crippen MR) is 61.5 cm³/mol. The molecule has 4 unspecified atom stereocenters. The van der Waals surface area contributed by atoms with Crippen molar-refractivity contribution in [2.24, 2.45) is 22.7 Å². The van der Waals surface area contributed by atoms with Gasteiger partial charge in [0.2, 0.25) is 0 Å². The highest BCUT2D eigenvalue weighted by molar-refractivity contribution is 5.87. The molecule has 2 aliphatic rings. The predicted octanol–water partition coefficient (Wildman–Crippen LogP) is 2.15. The van der Waals surface area contributed by atoms with E-state index in [9.17, 15) is 19.8 Å². The normalized spacial score (nSPS) is 42.9. The molecule has 0 aromatic rings. The van der Waals surface area contributed by atoms with Gasteiger partial charge in [-0.2, -0.15) is 0 Å². The quantitative estimate of drug-likeness (QED) is 0.736. The van der Waals surface area contributed by atoms with Crippen LogP contribution in [0.2, 0.25) is 0 Å². The van der Waals surface area contributed by atoms with Crippen LogP contribution in [0.15, 0.2) is 12.2 Å². The van der Waals surface area contributed by atoms with Crippen molar-refractivity contribution in [3.05, 3.63) is 12.2 Å². The van der Waals surface area contributed by atoms with E-state index in [1.807, 2.05) is 19.1 Å². The van der Waals surface area contributed by atoms with Gasteiger partial charge in [0.25, 0.3) is 0 Å². The number of fused-ring (bicyclic) bond motifs is 2. The average Bonchev–Trinajstić information content (AvgIpc) is 2.82. The number of hydrogen-bond acceptors (Lipinski definition) is 2. The maximum atomic E-state index is 11.7. The lowest BCUT2D eigenvalue weighted by molar-refractivity contribution is -0.168. The number of hydrogen-bond donors (Lipinski definition) is 2. The molecule has 2 N–H and O–H groups in total. The Bertz CT molecular complexity index is 400. The van der Waals surface area contributed by atoms with Crippen molar-refractivity contribution in [3.63, 3.8) is 0 Å². The summed E-state index contributed by atoms with van der Waals surface area (Å²) < 4.78 is 0. The van der Waals surface area contributed by atoms with Crippen LogP contribution in [0.4, 0.5) is 0 Å². The molecule has 94 valence electrons. The van der Waals surface area contributed by atoms with E-state index >= 15 is 0 Å². The Kier molecular flexibility index (Phi) is 2.56. The van der Waals surface area contributed by atoms with Crippen LogP contribution in [-0.2, 0) is 9.59 Å². The smallest absolute Gasteiger partial charge is 0.311 e. The third-order valence-corrected chi connectivity index (χ3v) is 4.95. The average molecular weight is 238 g/mol. The second kappa shape index (κ2) is 3.59. The SMILES string of the molecule is CCC12C=CC(C1)C(C(=O)O)C2(CC)C(=O)O. The summed E-state index contributed by atoms with van der Waals surface area (Å²) in [6.45, 7) is 3.74. The standard InChI is InChI=1S/C13H18O4/c1-3-12-6-5-8(7-12)9(10(14)15)13(12,4-2)11(16)17/h5-6,8-9H,3-4,7H2,1-2H3,(H,14,15)(H,16,17). The van der Waals surface area contributed by atoms with Gasteiger partial charge in [-0.15, -0.1) is 0 Å². The van der Waals surface area contributed by atoms with E-state index in [0.717, 1.165) is 0 Å². The first kappa shape index (κ1) is 12.1. The molecular weight excluding hydrogens is 220 g/mol. The summed E-state index contributed by atoms with van der Waals surface area (Å²) in [5, 5.41) is 19.0. The van der Waals surface area contributed by atoms with Gasteiger partial charge in [-0.1, -0.05) is 26.0 Å². The highest BCUT2D eigenvalue weighted by Gasteiger charge is 2.69. The minimum absolute atomic E-state index is 0.122. The molecule has 0 aliphatic heterocycles. The number of allylic oxidation sites excluding steroid dienone is 2. The molecular formula is C13H18O4. The zero-order chi connectivity index (χ0) is 12.8. The summed E-state index contributed by atoms with van der Waals surface area (Å²) in [5.41, 5.74) is -1.60. The van der Waals surface area contributed by atoms with Gasteiger partial charge in [-0.05, 0) is 25.2 Å². The van der Waals surface area contributed by atoms with Crippen LogP contribution in [0.3, 0.4) is 0 Å². The monoisotopic (exact) mass is 238 g/mol. The van der Waals surface area contributed by atoms with Gasteiger partial charge in [0.05, 0.1) is 11.3 Å². The van der Waals surface area contributed by atoms with Gasteiger partial charge in [-0.3, -0.25) is 9.59 Å². The molecule has 4 atom stereocenters. The third-order valence-electron chi connectivity index (χ3n) is 4.95. The van der Waals surface area contributed by atoms with Crippen LogP contribution >= 0.6 is 0 Å². The van der Waals surface area contributed by atoms with Crippen molar-refractivity contribution >= 4 is 11.9 Å². The van der Waals surface area contributed by atoms with Gasteiger partial charge in [0.15, 0.2) is 0 Å². The van der Waals surface area contributed by atoms with Gasteiger partial charge in [-0.25, -0.2) is 0 Å². The van der Waals surface area contributed by atoms with Crippen LogP contribution in [0.1, 0.15) is 33.1 Å². The first-order chi connectivity index (χ1) is 7.95. The van der Waals surface area contributed by atoms with Crippen molar-refractivity contribution < 1.29 is 19.8 Å². The lowest BCUT2D eigenvalue weighted by Crippen LogP contribution is -2.50. The Morgan fingerprint density at radius 1 is 1.29 bits per heavy atom. The van der Waals surface area contributed by atoms with Gasteiger partial charge in [0, 0.05) is 5.41 Å².